The van der Waals surface area contributed by atoms with Crippen LogP contribution in [0.15, 0.2) is 10.5 Å². The molecule has 1 aromatic rings. The fourth-order valence-electron chi connectivity index (χ4n) is 2.14. The van der Waals surface area contributed by atoms with Gasteiger partial charge in [0, 0.05) is 23.4 Å². The van der Waals surface area contributed by atoms with E-state index in [1.54, 1.807) is 0 Å². The Morgan fingerprint density at radius 1 is 1.41 bits per heavy atom. The fraction of sp³-hybridized carbons (Fsp3) is 0.538. The number of halogens is 1. The molecule has 0 fully saturated rings. The van der Waals surface area contributed by atoms with Gasteiger partial charge in [0.25, 0.3) is 0 Å². The van der Waals surface area contributed by atoms with Crippen LogP contribution < -0.4 is 9.47 Å². The van der Waals surface area contributed by atoms with Gasteiger partial charge in [-0.3, -0.25) is 0 Å². The minimum Gasteiger partial charge on any atom is -0.490 e. The highest BCUT2D eigenvalue weighted by molar-refractivity contribution is 9.10. The molecule has 0 saturated carbocycles. The molecule has 0 radical (unpaired) electrons. The van der Waals surface area contributed by atoms with Gasteiger partial charge in [-0.25, -0.2) is 0 Å². The van der Waals surface area contributed by atoms with Crippen molar-refractivity contribution in [3.8, 4) is 11.5 Å². The summed E-state index contributed by atoms with van der Waals surface area (Å²) in [5.74, 6) is 1.70. The van der Waals surface area contributed by atoms with Gasteiger partial charge < -0.3 is 14.6 Å². The third-order valence-electron chi connectivity index (χ3n) is 3.04. The Bertz CT molecular complexity index is 418. The Labute approximate surface area is 110 Å². The molecule has 0 aromatic heterocycles. The molecule has 0 bridgehead atoms. The maximum absolute atomic E-state index is 9.30. The second-order valence-corrected chi connectivity index (χ2v) is 5.21. The third-order valence-corrected chi connectivity index (χ3v) is 3.70. The minimum absolute atomic E-state index is 0.0847. The van der Waals surface area contributed by atoms with Crippen LogP contribution in [0.5, 0.6) is 11.5 Å². The second kappa shape index (κ2) is 5.27. The van der Waals surface area contributed by atoms with Crippen LogP contribution >= 0.6 is 15.9 Å². The predicted molar refractivity (Wildman–Crippen MR) is 70.0 cm³/mol. The molecule has 94 valence electrons. The molecule has 1 N–H and O–H groups in total. The van der Waals surface area contributed by atoms with Crippen molar-refractivity contribution in [3.05, 3.63) is 21.7 Å². The van der Waals surface area contributed by atoms with E-state index in [0.717, 1.165) is 33.5 Å². The number of benzene rings is 1. The summed E-state index contributed by atoms with van der Waals surface area (Å²) < 4.78 is 12.4. The van der Waals surface area contributed by atoms with Crippen LogP contribution in [0.4, 0.5) is 0 Å². The molecular formula is C13H17BrO3. The van der Waals surface area contributed by atoms with E-state index in [-0.39, 0.29) is 12.5 Å². The zero-order chi connectivity index (χ0) is 12.4. The third kappa shape index (κ3) is 2.43. The first-order valence-corrected chi connectivity index (χ1v) is 6.64. The lowest BCUT2D eigenvalue weighted by atomic mass is 9.96. The summed E-state index contributed by atoms with van der Waals surface area (Å²) >= 11 is 3.55. The molecule has 1 atom stereocenters. The molecule has 0 saturated heterocycles. The lowest BCUT2D eigenvalue weighted by Crippen LogP contribution is -2.05. The molecule has 0 spiro atoms. The SMILES string of the molecule is Cc1c2c(cc(Br)c1C(C)CO)OCCCO2. The molecule has 4 heteroatoms. The van der Waals surface area contributed by atoms with Crippen LogP contribution in [-0.4, -0.2) is 24.9 Å². The lowest BCUT2D eigenvalue weighted by Gasteiger charge is -2.19. The van der Waals surface area contributed by atoms with Gasteiger partial charge in [0.15, 0.2) is 11.5 Å². The molecule has 1 aliphatic heterocycles. The Morgan fingerprint density at radius 3 is 2.82 bits per heavy atom. The predicted octanol–water partition coefficient (Wildman–Crippen LogP) is 3.01. The van der Waals surface area contributed by atoms with Crippen LogP contribution in [-0.2, 0) is 0 Å². The van der Waals surface area contributed by atoms with Gasteiger partial charge in [-0.2, -0.15) is 0 Å². The monoisotopic (exact) mass is 300 g/mol. The van der Waals surface area contributed by atoms with E-state index in [0.29, 0.717) is 13.2 Å². The standard InChI is InChI=1S/C13H17BrO3/c1-8(7-15)12-9(2)13-11(6-10(12)14)16-4-3-5-17-13/h6,8,15H,3-5,7H2,1-2H3. The number of aliphatic hydroxyl groups is 1. The number of rotatable bonds is 2. The molecule has 1 heterocycles. The Morgan fingerprint density at radius 2 is 2.12 bits per heavy atom. The first-order chi connectivity index (χ1) is 8.15. The van der Waals surface area contributed by atoms with E-state index in [1.165, 1.54) is 0 Å². The number of hydrogen-bond donors (Lipinski definition) is 1. The number of aliphatic hydroxyl groups excluding tert-OH is 1. The van der Waals surface area contributed by atoms with Crippen molar-refractivity contribution in [2.24, 2.45) is 0 Å². The smallest absolute Gasteiger partial charge is 0.164 e. The highest BCUT2D eigenvalue weighted by Gasteiger charge is 2.21. The van der Waals surface area contributed by atoms with E-state index in [2.05, 4.69) is 15.9 Å². The minimum atomic E-state index is 0.0847. The second-order valence-electron chi connectivity index (χ2n) is 4.36. The van der Waals surface area contributed by atoms with Crippen molar-refractivity contribution in [2.45, 2.75) is 26.2 Å². The summed E-state index contributed by atoms with van der Waals surface area (Å²) in [4.78, 5) is 0. The van der Waals surface area contributed by atoms with Crippen LogP contribution in [0.3, 0.4) is 0 Å². The number of fused-ring (bicyclic) bond motifs is 1. The van der Waals surface area contributed by atoms with Crippen molar-refractivity contribution in [3.63, 3.8) is 0 Å². The maximum atomic E-state index is 9.30. The first kappa shape index (κ1) is 12.7. The van der Waals surface area contributed by atoms with E-state index in [1.807, 2.05) is 19.9 Å². The molecule has 17 heavy (non-hydrogen) atoms. The van der Waals surface area contributed by atoms with Crippen molar-refractivity contribution in [1.82, 2.24) is 0 Å². The number of hydrogen-bond acceptors (Lipinski definition) is 3. The van der Waals surface area contributed by atoms with Crippen LogP contribution in [0, 0.1) is 6.92 Å². The average Bonchev–Trinajstić information content (AvgIpc) is 2.54. The maximum Gasteiger partial charge on any atom is 0.164 e. The van der Waals surface area contributed by atoms with Gasteiger partial charge in [-0.15, -0.1) is 0 Å². The van der Waals surface area contributed by atoms with E-state index < -0.39 is 0 Å². The summed E-state index contributed by atoms with van der Waals surface area (Å²) in [7, 11) is 0. The molecule has 0 aliphatic carbocycles. The topological polar surface area (TPSA) is 38.7 Å². The number of ether oxygens (including phenoxy) is 2. The summed E-state index contributed by atoms with van der Waals surface area (Å²) in [5, 5.41) is 9.30. The zero-order valence-electron chi connectivity index (χ0n) is 10.1. The van der Waals surface area contributed by atoms with Gasteiger partial charge in [0.2, 0.25) is 0 Å². The lowest BCUT2D eigenvalue weighted by molar-refractivity contribution is 0.271. The van der Waals surface area contributed by atoms with Crippen LogP contribution in [0.1, 0.15) is 30.4 Å². The Balaban J connectivity index is 2.52. The summed E-state index contributed by atoms with van der Waals surface area (Å²) in [5.41, 5.74) is 2.15. The van der Waals surface area contributed by atoms with Crippen LogP contribution in [0.2, 0.25) is 0 Å². The van der Waals surface area contributed by atoms with Gasteiger partial charge in [0.05, 0.1) is 13.2 Å². The molecular weight excluding hydrogens is 284 g/mol. The summed E-state index contributed by atoms with van der Waals surface area (Å²) in [6, 6.07) is 1.94. The molecule has 0 amide bonds. The van der Waals surface area contributed by atoms with Crippen molar-refractivity contribution in [2.75, 3.05) is 19.8 Å². The first-order valence-electron chi connectivity index (χ1n) is 5.84. The van der Waals surface area contributed by atoms with Gasteiger partial charge in [-0.1, -0.05) is 22.9 Å². The van der Waals surface area contributed by atoms with Crippen molar-refractivity contribution < 1.29 is 14.6 Å². The fourth-order valence-corrected chi connectivity index (χ4v) is 3.04. The average molecular weight is 301 g/mol. The normalized spacial score (nSPS) is 16.5. The van der Waals surface area contributed by atoms with Gasteiger partial charge in [-0.05, 0) is 24.1 Å². The molecule has 2 rings (SSSR count). The highest BCUT2D eigenvalue weighted by atomic mass is 79.9. The van der Waals surface area contributed by atoms with Crippen LogP contribution in [0.25, 0.3) is 0 Å². The summed E-state index contributed by atoms with van der Waals surface area (Å²) in [6.45, 7) is 5.51. The molecule has 3 nitrogen and oxygen atoms in total. The van der Waals surface area contributed by atoms with Gasteiger partial charge >= 0.3 is 0 Å². The van der Waals surface area contributed by atoms with Crippen molar-refractivity contribution >= 4 is 15.9 Å². The van der Waals surface area contributed by atoms with Gasteiger partial charge in [0.1, 0.15) is 0 Å². The largest absolute Gasteiger partial charge is 0.490 e. The van der Waals surface area contributed by atoms with Crippen molar-refractivity contribution in [1.29, 1.82) is 0 Å². The Hall–Kier alpha value is -0.740. The quantitative estimate of drug-likeness (QED) is 0.912. The molecule has 1 aromatic carbocycles. The molecule has 1 aliphatic rings. The van der Waals surface area contributed by atoms with E-state index in [4.69, 9.17) is 9.47 Å². The summed E-state index contributed by atoms with van der Waals surface area (Å²) in [6.07, 6.45) is 0.899. The molecule has 1 unspecified atom stereocenters. The highest BCUT2D eigenvalue weighted by Crippen LogP contribution is 2.41. The van der Waals surface area contributed by atoms with E-state index in [9.17, 15) is 5.11 Å². The van der Waals surface area contributed by atoms with E-state index >= 15 is 0 Å². The zero-order valence-corrected chi connectivity index (χ0v) is 11.7. The Kier molecular flexibility index (Phi) is 3.94.